The number of nitrogens with zero attached hydrogens (tertiary/aromatic N) is 1. The molecule has 1 heterocycles. The average Bonchev–Trinajstić information content (AvgIpc) is 2.44. The van der Waals surface area contributed by atoms with Crippen molar-refractivity contribution in [2.45, 2.75) is 13.3 Å². The Bertz CT molecular complexity index is 566. The van der Waals surface area contributed by atoms with Crippen molar-refractivity contribution in [2.75, 3.05) is 13.7 Å². The van der Waals surface area contributed by atoms with Gasteiger partial charge in [-0.15, -0.1) is 0 Å². The highest BCUT2D eigenvalue weighted by molar-refractivity contribution is 9.10. The van der Waals surface area contributed by atoms with Crippen LogP contribution in [0.2, 0.25) is 0 Å². The van der Waals surface area contributed by atoms with E-state index in [4.69, 9.17) is 4.74 Å². The summed E-state index contributed by atoms with van der Waals surface area (Å²) in [4.78, 5) is 13.8. The van der Waals surface area contributed by atoms with E-state index in [2.05, 4.69) is 28.6 Å². The van der Waals surface area contributed by atoms with Crippen LogP contribution in [0.3, 0.4) is 0 Å². The summed E-state index contributed by atoms with van der Waals surface area (Å²) < 4.78 is 6.41. The molecule has 1 atom stereocenters. The van der Waals surface area contributed by atoms with Crippen molar-refractivity contribution >= 4 is 27.5 Å². The summed E-state index contributed by atoms with van der Waals surface area (Å²) in [5, 5.41) is 0. The maximum Gasteiger partial charge on any atom is 0.229 e. The first-order chi connectivity index (χ1) is 9.54. The molecule has 0 N–H and O–H groups in total. The largest absolute Gasteiger partial charge is 0.490 e. The monoisotopic (exact) mass is 335 g/mol. The number of rotatable bonds is 4. The molecule has 4 heteroatoms. The van der Waals surface area contributed by atoms with Crippen LogP contribution >= 0.6 is 15.9 Å². The maximum atomic E-state index is 12.1. The Labute approximate surface area is 128 Å². The van der Waals surface area contributed by atoms with Gasteiger partial charge in [-0.3, -0.25) is 4.79 Å². The molecule has 1 aliphatic heterocycles. The fraction of sp³-hybridized carbons (Fsp3) is 0.312. The minimum atomic E-state index is 0.0534. The lowest BCUT2D eigenvalue weighted by Crippen LogP contribution is -2.33. The first-order valence-electron chi connectivity index (χ1n) is 6.56. The van der Waals surface area contributed by atoms with Gasteiger partial charge in [0.25, 0.3) is 0 Å². The second-order valence-corrected chi connectivity index (χ2v) is 5.72. The Balaban J connectivity index is 2.29. The van der Waals surface area contributed by atoms with E-state index in [1.165, 1.54) is 0 Å². The van der Waals surface area contributed by atoms with Gasteiger partial charge in [0.15, 0.2) is 0 Å². The van der Waals surface area contributed by atoms with Gasteiger partial charge >= 0.3 is 0 Å². The highest BCUT2D eigenvalue weighted by atomic mass is 79.9. The van der Waals surface area contributed by atoms with Gasteiger partial charge < -0.3 is 9.64 Å². The van der Waals surface area contributed by atoms with E-state index in [-0.39, 0.29) is 11.8 Å². The normalized spacial score (nSPS) is 18.8. The number of hydrogen-bond donors (Lipinski definition) is 0. The molecule has 1 amide bonds. The fourth-order valence-corrected chi connectivity index (χ4v) is 2.78. The zero-order valence-electron chi connectivity index (χ0n) is 11.7. The lowest BCUT2D eigenvalue weighted by molar-refractivity contribution is -0.131. The van der Waals surface area contributed by atoms with Crippen LogP contribution in [-0.4, -0.2) is 24.5 Å². The van der Waals surface area contributed by atoms with Crippen LogP contribution in [0.1, 0.15) is 18.9 Å². The summed E-state index contributed by atoms with van der Waals surface area (Å²) in [6, 6.07) is 5.78. The summed E-state index contributed by atoms with van der Waals surface area (Å²) in [6.07, 6.45) is 4.59. The van der Waals surface area contributed by atoms with E-state index in [1.54, 1.807) is 11.0 Å². The predicted octanol–water partition coefficient (Wildman–Crippen LogP) is 3.85. The van der Waals surface area contributed by atoms with E-state index < -0.39 is 0 Å². The molecule has 3 nitrogen and oxygen atoms in total. The number of allylic oxidation sites excluding steroid dienone is 1. The third-order valence-electron chi connectivity index (χ3n) is 3.36. The van der Waals surface area contributed by atoms with Gasteiger partial charge in [0, 0.05) is 28.7 Å². The van der Waals surface area contributed by atoms with E-state index in [0.29, 0.717) is 6.61 Å². The number of ether oxygens (including phenoxy) is 1. The quantitative estimate of drug-likeness (QED) is 0.782. The van der Waals surface area contributed by atoms with Crippen LogP contribution in [0, 0.1) is 5.92 Å². The van der Waals surface area contributed by atoms with Crippen molar-refractivity contribution in [2.24, 2.45) is 5.92 Å². The molecule has 0 fully saturated rings. The van der Waals surface area contributed by atoms with Crippen molar-refractivity contribution < 1.29 is 9.53 Å². The van der Waals surface area contributed by atoms with Crippen molar-refractivity contribution in [1.82, 2.24) is 4.90 Å². The van der Waals surface area contributed by atoms with Gasteiger partial charge in [-0.25, -0.2) is 0 Å². The van der Waals surface area contributed by atoms with Gasteiger partial charge in [-0.2, -0.15) is 0 Å². The number of amides is 1. The van der Waals surface area contributed by atoms with Gasteiger partial charge in [0.05, 0.1) is 0 Å². The molecule has 0 radical (unpaired) electrons. The van der Waals surface area contributed by atoms with Gasteiger partial charge in [0.1, 0.15) is 12.4 Å². The molecule has 20 heavy (non-hydrogen) atoms. The summed E-state index contributed by atoms with van der Waals surface area (Å²) >= 11 is 3.55. The highest BCUT2D eigenvalue weighted by Gasteiger charge is 2.26. The third-order valence-corrected chi connectivity index (χ3v) is 4.02. The molecule has 0 saturated heterocycles. The third kappa shape index (κ3) is 2.96. The van der Waals surface area contributed by atoms with E-state index in [9.17, 15) is 4.79 Å². The molecule has 1 aromatic rings. The SMILES string of the molecule is C=CCOc1ccc(C2=CCC(C)C(=O)N2C)c(Br)c1. The molecular weight excluding hydrogens is 318 g/mol. The van der Waals surface area contributed by atoms with Gasteiger partial charge in [0.2, 0.25) is 5.91 Å². The van der Waals surface area contributed by atoms with Crippen LogP contribution in [-0.2, 0) is 4.79 Å². The second-order valence-electron chi connectivity index (χ2n) is 4.86. The van der Waals surface area contributed by atoms with Crippen molar-refractivity contribution in [3.63, 3.8) is 0 Å². The molecule has 1 aromatic carbocycles. The summed E-state index contributed by atoms with van der Waals surface area (Å²) in [7, 11) is 1.82. The minimum Gasteiger partial charge on any atom is -0.490 e. The Morgan fingerprint density at radius 1 is 1.55 bits per heavy atom. The minimum absolute atomic E-state index is 0.0534. The van der Waals surface area contributed by atoms with E-state index in [0.717, 1.165) is 27.9 Å². The molecule has 0 spiro atoms. The Kier molecular flexibility index (Phi) is 4.65. The molecule has 1 unspecified atom stereocenters. The fourth-order valence-electron chi connectivity index (χ4n) is 2.21. The maximum absolute atomic E-state index is 12.1. The van der Waals surface area contributed by atoms with Crippen LogP contribution in [0.5, 0.6) is 5.75 Å². The molecular formula is C16H18BrNO2. The van der Waals surface area contributed by atoms with Crippen LogP contribution in [0.25, 0.3) is 5.70 Å². The van der Waals surface area contributed by atoms with Crippen molar-refractivity contribution in [3.05, 3.63) is 47.0 Å². The summed E-state index contributed by atoms with van der Waals surface area (Å²) in [6.45, 7) is 6.05. The molecule has 0 aromatic heterocycles. The van der Waals surface area contributed by atoms with Crippen molar-refractivity contribution in [1.29, 1.82) is 0 Å². The predicted molar refractivity (Wildman–Crippen MR) is 84.4 cm³/mol. The van der Waals surface area contributed by atoms with Gasteiger partial charge in [-0.05, 0) is 40.5 Å². The van der Waals surface area contributed by atoms with Crippen LogP contribution < -0.4 is 4.74 Å². The first kappa shape index (κ1) is 14.9. The van der Waals surface area contributed by atoms with Crippen molar-refractivity contribution in [3.8, 4) is 5.75 Å². The number of carbonyl (C=O) groups excluding carboxylic acids is 1. The number of hydrogen-bond acceptors (Lipinski definition) is 2. The van der Waals surface area contributed by atoms with E-state index in [1.807, 2.05) is 32.2 Å². The molecule has 0 bridgehead atoms. The van der Waals surface area contributed by atoms with Crippen LogP contribution in [0.4, 0.5) is 0 Å². The standard InChI is InChI=1S/C16H18BrNO2/c1-4-9-20-12-6-7-13(14(17)10-12)15-8-5-11(2)16(19)18(15)3/h4,6-8,10-11H,1,5,9H2,2-3H3. The van der Waals surface area contributed by atoms with E-state index >= 15 is 0 Å². The lowest BCUT2D eigenvalue weighted by atomic mass is 9.98. The zero-order chi connectivity index (χ0) is 14.7. The Morgan fingerprint density at radius 2 is 2.30 bits per heavy atom. The Hall–Kier alpha value is -1.55. The second kappa shape index (κ2) is 6.27. The summed E-state index contributed by atoms with van der Waals surface area (Å²) in [5.74, 6) is 0.985. The summed E-state index contributed by atoms with van der Waals surface area (Å²) in [5.41, 5.74) is 1.94. The Morgan fingerprint density at radius 3 is 2.95 bits per heavy atom. The molecule has 1 aliphatic rings. The molecule has 0 saturated carbocycles. The first-order valence-corrected chi connectivity index (χ1v) is 7.35. The molecule has 106 valence electrons. The topological polar surface area (TPSA) is 29.5 Å². The highest BCUT2D eigenvalue weighted by Crippen LogP contribution is 2.33. The zero-order valence-corrected chi connectivity index (χ0v) is 13.3. The smallest absolute Gasteiger partial charge is 0.229 e. The lowest BCUT2D eigenvalue weighted by Gasteiger charge is -2.29. The number of halogens is 1. The average molecular weight is 336 g/mol. The van der Waals surface area contributed by atoms with Crippen LogP contribution in [0.15, 0.2) is 41.4 Å². The molecule has 2 rings (SSSR count). The number of benzene rings is 1. The number of carbonyl (C=O) groups is 1. The molecule has 0 aliphatic carbocycles. The van der Waals surface area contributed by atoms with Gasteiger partial charge in [-0.1, -0.05) is 25.7 Å².